The molecule has 0 heterocycles. The van der Waals surface area contributed by atoms with Crippen LogP contribution < -0.4 is 10.9 Å². The third-order valence-corrected chi connectivity index (χ3v) is 3.82. The molecule has 0 aliphatic heterocycles. The second-order valence-electron chi connectivity index (χ2n) is 4.84. The van der Waals surface area contributed by atoms with Gasteiger partial charge in [-0.2, -0.15) is 0 Å². The van der Waals surface area contributed by atoms with E-state index in [0.29, 0.717) is 10.0 Å². The van der Waals surface area contributed by atoms with E-state index in [1.54, 1.807) is 0 Å². The maximum Gasteiger partial charge on any atom is 0.0469 e. The van der Waals surface area contributed by atoms with Crippen molar-refractivity contribution in [2.45, 2.75) is 26.4 Å². The third kappa shape index (κ3) is 3.97. The van der Waals surface area contributed by atoms with Crippen molar-refractivity contribution in [1.29, 1.82) is 0 Å². The molecule has 4 heteroatoms. The normalized spacial score (nSPS) is 12.4. The highest BCUT2D eigenvalue weighted by atomic mass is 35.5. The molecule has 0 saturated heterocycles. The minimum atomic E-state index is 0.0293. The molecule has 20 heavy (non-hydrogen) atoms. The van der Waals surface area contributed by atoms with E-state index in [-0.39, 0.29) is 6.04 Å². The Balaban J connectivity index is 1.92. The van der Waals surface area contributed by atoms with Crippen LogP contribution in [0.5, 0.6) is 0 Å². The summed E-state index contributed by atoms with van der Waals surface area (Å²) in [6.07, 6.45) is 0. The van der Waals surface area contributed by atoms with Crippen LogP contribution in [-0.2, 0) is 6.54 Å². The highest BCUT2D eigenvalue weighted by Crippen LogP contribution is 2.29. The maximum atomic E-state index is 6.19. The number of nitrogens with one attached hydrogen (secondary N) is 2. The summed E-state index contributed by atoms with van der Waals surface area (Å²) in [5, 5.41) is 1.35. The molecule has 2 rings (SSSR count). The summed E-state index contributed by atoms with van der Waals surface area (Å²) in [5.74, 6) is 0. The fourth-order valence-electron chi connectivity index (χ4n) is 2.01. The van der Waals surface area contributed by atoms with Gasteiger partial charge in [-0.15, -0.1) is 0 Å². The number of aryl methyl sites for hydroxylation is 1. The van der Waals surface area contributed by atoms with Gasteiger partial charge in [-0.1, -0.05) is 59.1 Å². The number of hydrogen-bond donors (Lipinski definition) is 2. The van der Waals surface area contributed by atoms with Crippen LogP contribution in [-0.4, -0.2) is 0 Å². The Labute approximate surface area is 130 Å². The fraction of sp³-hybridized carbons (Fsp3) is 0.250. The second kappa shape index (κ2) is 7.09. The zero-order chi connectivity index (χ0) is 14.5. The molecule has 0 aliphatic carbocycles. The smallest absolute Gasteiger partial charge is 0.0469 e. The highest BCUT2D eigenvalue weighted by Gasteiger charge is 2.12. The zero-order valence-corrected chi connectivity index (χ0v) is 13.1. The number of halogens is 2. The minimum Gasteiger partial charge on any atom is -0.253 e. The molecule has 0 amide bonds. The molecule has 1 unspecified atom stereocenters. The highest BCUT2D eigenvalue weighted by molar-refractivity contribution is 6.36. The van der Waals surface area contributed by atoms with E-state index in [1.165, 1.54) is 11.1 Å². The Morgan fingerprint density at radius 3 is 2.20 bits per heavy atom. The standard InChI is InChI=1S/C16H18Cl2N2/c1-11-6-8-13(9-7-11)10-19-20-12(2)16-14(17)4-3-5-15(16)18/h3-9,12,19-20H,10H2,1-2H3. The molecule has 106 valence electrons. The van der Waals surface area contributed by atoms with Gasteiger partial charge in [0.2, 0.25) is 0 Å². The first-order valence-corrected chi connectivity index (χ1v) is 7.31. The quantitative estimate of drug-likeness (QED) is 0.785. The van der Waals surface area contributed by atoms with Crippen molar-refractivity contribution in [3.8, 4) is 0 Å². The van der Waals surface area contributed by atoms with Crippen molar-refractivity contribution < 1.29 is 0 Å². The van der Waals surface area contributed by atoms with E-state index in [9.17, 15) is 0 Å². The topological polar surface area (TPSA) is 24.1 Å². The maximum absolute atomic E-state index is 6.19. The lowest BCUT2D eigenvalue weighted by atomic mass is 10.1. The molecule has 2 aromatic rings. The van der Waals surface area contributed by atoms with Crippen LogP contribution in [0.3, 0.4) is 0 Å². The summed E-state index contributed by atoms with van der Waals surface area (Å²) in [5.41, 5.74) is 9.83. The van der Waals surface area contributed by atoms with E-state index < -0.39 is 0 Å². The van der Waals surface area contributed by atoms with Gasteiger partial charge in [-0.25, -0.2) is 0 Å². The molecule has 0 spiro atoms. The van der Waals surface area contributed by atoms with Crippen LogP contribution in [0.25, 0.3) is 0 Å². The molecule has 0 radical (unpaired) electrons. The van der Waals surface area contributed by atoms with Crippen molar-refractivity contribution in [2.75, 3.05) is 0 Å². The summed E-state index contributed by atoms with van der Waals surface area (Å²) in [6.45, 7) is 4.85. The van der Waals surface area contributed by atoms with E-state index >= 15 is 0 Å². The molecule has 2 aromatic carbocycles. The van der Waals surface area contributed by atoms with E-state index in [4.69, 9.17) is 23.2 Å². The van der Waals surface area contributed by atoms with Crippen molar-refractivity contribution >= 4 is 23.2 Å². The number of benzene rings is 2. The molecule has 0 aliphatic rings. The van der Waals surface area contributed by atoms with Crippen molar-refractivity contribution in [3.05, 3.63) is 69.2 Å². The molecular formula is C16H18Cl2N2. The Morgan fingerprint density at radius 2 is 1.60 bits per heavy atom. The van der Waals surface area contributed by atoms with Crippen molar-refractivity contribution in [3.63, 3.8) is 0 Å². The second-order valence-corrected chi connectivity index (χ2v) is 5.65. The SMILES string of the molecule is Cc1ccc(CNNC(C)c2c(Cl)cccc2Cl)cc1. The molecule has 2 N–H and O–H groups in total. The van der Waals surface area contributed by atoms with Crippen LogP contribution in [0.2, 0.25) is 10.0 Å². The first-order valence-electron chi connectivity index (χ1n) is 6.56. The molecule has 0 fully saturated rings. The van der Waals surface area contributed by atoms with Crippen LogP contribution in [0, 0.1) is 6.92 Å². The number of hydrogen-bond acceptors (Lipinski definition) is 2. The van der Waals surface area contributed by atoms with Crippen LogP contribution in [0.15, 0.2) is 42.5 Å². The Hall–Kier alpha value is -1.06. The van der Waals surface area contributed by atoms with Crippen LogP contribution in [0.1, 0.15) is 29.7 Å². The lowest BCUT2D eigenvalue weighted by Gasteiger charge is -2.18. The van der Waals surface area contributed by atoms with Gasteiger partial charge in [0.1, 0.15) is 0 Å². The third-order valence-electron chi connectivity index (χ3n) is 3.16. The lowest BCUT2D eigenvalue weighted by Crippen LogP contribution is -2.33. The minimum absolute atomic E-state index is 0.0293. The van der Waals surface area contributed by atoms with Gasteiger partial charge in [0.15, 0.2) is 0 Å². The van der Waals surface area contributed by atoms with E-state index in [0.717, 1.165) is 12.1 Å². The molecular weight excluding hydrogens is 291 g/mol. The fourth-order valence-corrected chi connectivity index (χ4v) is 2.73. The zero-order valence-electron chi connectivity index (χ0n) is 11.6. The summed E-state index contributed by atoms with van der Waals surface area (Å²) in [4.78, 5) is 0. The first-order chi connectivity index (χ1) is 9.58. The summed E-state index contributed by atoms with van der Waals surface area (Å²) >= 11 is 12.4. The largest absolute Gasteiger partial charge is 0.253 e. The molecule has 2 nitrogen and oxygen atoms in total. The van der Waals surface area contributed by atoms with Gasteiger partial charge in [-0.05, 0) is 31.5 Å². The van der Waals surface area contributed by atoms with Gasteiger partial charge in [-0.3, -0.25) is 10.9 Å². The predicted octanol–water partition coefficient (Wildman–Crippen LogP) is 4.66. The molecule has 1 atom stereocenters. The number of hydrazine groups is 1. The van der Waals surface area contributed by atoms with Gasteiger partial charge >= 0.3 is 0 Å². The molecule has 0 aromatic heterocycles. The Morgan fingerprint density at radius 1 is 1.00 bits per heavy atom. The van der Waals surface area contributed by atoms with Gasteiger partial charge in [0.05, 0.1) is 0 Å². The van der Waals surface area contributed by atoms with Gasteiger partial charge in [0.25, 0.3) is 0 Å². The van der Waals surface area contributed by atoms with Gasteiger partial charge < -0.3 is 0 Å². The van der Waals surface area contributed by atoms with E-state index in [2.05, 4.69) is 42.0 Å². The molecule has 0 saturated carbocycles. The van der Waals surface area contributed by atoms with Crippen LogP contribution >= 0.6 is 23.2 Å². The summed E-state index contributed by atoms with van der Waals surface area (Å²) in [6, 6.07) is 14.0. The Kier molecular flexibility index (Phi) is 5.44. The van der Waals surface area contributed by atoms with Crippen molar-refractivity contribution in [2.24, 2.45) is 0 Å². The number of rotatable bonds is 5. The predicted molar refractivity (Wildman–Crippen MR) is 86.0 cm³/mol. The summed E-state index contributed by atoms with van der Waals surface area (Å²) < 4.78 is 0. The van der Waals surface area contributed by atoms with Gasteiger partial charge in [0, 0.05) is 28.2 Å². The Bertz CT molecular complexity index is 547. The average Bonchev–Trinajstić information content (AvgIpc) is 2.41. The monoisotopic (exact) mass is 308 g/mol. The first kappa shape index (κ1) is 15.3. The van der Waals surface area contributed by atoms with Crippen molar-refractivity contribution in [1.82, 2.24) is 10.9 Å². The van der Waals surface area contributed by atoms with Crippen LogP contribution in [0.4, 0.5) is 0 Å². The molecule has 0 bridgehead atoms. The van der Waals surface area contributed by atoms with E-state index in [1.807, 2.05) is 25.1 Å². The summed E-state index contributed by atoms with van der Waals surface area (Å²) in [7, 11) is 0. The lowest BCUT2D eigenvalue weighted by molar-refractivity contribution is 0.460. The average molecular weight is 309 g/mol.